The summed E-state index contributed by atoms with van der Waals surface area (Å²) >= 11 is 0. The van der Waals surface area contributed by atoms with Crippen LogP contribution in [0.3, 0.4) is 0 Å². The van der Waals surface area contributed by atoms with Crippen LogP contribution in [-0.4, -0.2) is 39.1 Å². The maximum atomic E-state index is 13.4. The largest absolute Gasteiger partial charge is 0.489 e. The van der Waals surface area contributed by atoms with Crippen LogP contribution in [0.2, 0.25) is 0 Å². The van der Waals surface area contributed by atoms with Crippen molar-refractivity contribution in [3.63, 3.8) is 0 Å². The lowest BCUT2D eigenvalue weighted by molar-refractivity contribution is -0.230. The standard InChI is InChI=1S/C21H17F2N5O3/c1-13-26-8-15(9-27-13)28-19-17-3-2-16(6-14(17)4-5-25-19)30-12-20(31-18(29)7-24)10-21(22,23)11-20/h2-6,8-9H,10-12H2,1H3,(H,25,28). The molecule has 1 saturated carbocycles. The van der Waals surface area contributed by atoms with Gasteiger partial charge in [-0.3, -0.25) is 0 Å². The molecule has 0 amide bonds. The summed E-state index contributed by atoms with van der Waals surface area (Å²) in [6.45, 7) is 1.51. The van der Waals surface area contributed by atoms with E-state index in [4.69, 9.17) is 14.7 Å². The summed E-state index contributed by atoms with van der Waals surface area (Å²) < 4.78 is 37.4. The molecular weight excluding hydrogens is 408 g/mol. The summed E-state index contributed by atoms with van der Waals surface area (Å²) in [5.41, 5.74) is -0.833. The number of nitriles is 1. The number of hydrogen-bond donors (Lipinski definition) is 1. The molecule has 158 valence electrons. The highest BCUT2D eigenvalue weighted by atomic mass is 19.3. The second-order valence-electron chi connectivity index (χ2n) is 7.37. The molecule has 0 atom stereocenters. The monoisotopic (exact) mass is 425 g/mol. The number of alkyl halides is 2. The molecule has 1 aliphatic carbocycles. The van der Waals surface area contributed by atoms with Gasteiger partial charge in [0.05, 0.1) is 30.9 Å². The van der Waals surface area contributed by atoms with Crippen LogP contribution < -0.4 is 10.1 Å². The molecule has 31 heavy (non-hydrogen) atoms. The molecule has 1 aromatic carbocycles. The third-order valence-corrected chi connectivity index (χ3v) is 4.84. The number of ether oxygens (including phenoxy) is 2. The minimum Gasteiger partial charge on any atom is -0.489 e. The van der Waals surface area contributed by atoms with Crippen LogP contribution in [0.1, 0.15) is 18.7 Å². The van der Waals surface area contributed by atoms with Crippen molar-refractivity contribution in [3.8, 4) is 11.8 Å². The van der Waals surface area contributed by atoms with Crippen LogP contribution in [0.4, 0.5) is 20.3 Å². The van der Waals surface area contributed by atoms with Crippen LogP contribution in [0.25, 0.3) is 10.8 Å². The number of fused-ring (bicyclic) bond motifs is 1. The van der Waals surface area contributed by atoms with Crippen LogP contribution >= 0.6 is 0 Å². The Labute approximate surface area is 175 Å². The van der Waals surface area contributed by atoms with Gasteiger partial charge in [0.25, 0.3) is 5.92 Å². The predicted octanol–water partition coefficient (Wildman–Crippen LogP) is 3.69. The van der Waals surface area contributed by atoms with E-state index in [-0.39, 0.29) is 6.61 Å². The maximum absolute atomic E-state index is 13.4. The lowest BCUT2D eigenvalue weighted by atomic mass is 9.77. The predicted molar refractivity (Wildman–Crippen MR) is 106 cm³/mol. The van der Waals surface area contributed by atoms with E-state index in [1.165, 1.54) is 6.07 Å². The molecule has 0 aliphatic heterocycles. The molecule has 2 aromatic heterocycles. The number of halogens is 2. The summed E-state index contributed by atoms with van der Waals surface area (Å²) in [6, 6.07) is 8.23. The number of nitrogens with one attached hydrogen (secondary N) is 1. The van der Waals surface area contributed by atoms with Crippen molar-refractivity contribution in [1.29, 1.82) is 5.26 Å². The van der Waals surface area contributed by atoms with Gasteiger partial charge in [0, 0.05) is 11.6 Å². The first-order chi connectivity index (χ1) is 14.8. The van der Waals surface area contributed by atoms with Gasteiger partial charge < -0.3 is 14.8 Å². The average molecular weight is 425 g/mol. The molecule has 1 aliphatic rings. The fourth-order valence-corrected chi connectivity index (χ4v) is 3.47. The fraction of sp³-hybridized carbons (Fsp3) is 0.286. The van der Waals surface area contributed by atoms with Crippen molar-refractivity contribution >= 4 is 28.2 Å². The van der Waals surface area contributed by atoms with E-state index in [0.29, 0.717) is 23.1 Å². The number of carbonyl (C=O) groups is 1. The number of aromatic nitrogens is 3. The van der Waals surface area contributed by atoms with E-state index >= 15 is 0 Å². The maximum Gasteiger partial charge on any atom is 0.411 e. The first-order valence-electron chi connectivity index (χ1n) is 9.36. The van der Waals surface area contributed by atoms with Crippen LogP contribution in [0, 0.1) is 18.3 Å². The Hall–Kier alpha value is -3.87. The van der Waals surface area contributed by atoms with Crippen molar-refractivity contribution in [3.05, 3.63) is 48.7 Å². The number of benzene rings is 1. The minimum absolute atomic E-state index is 0.279. The molecular formula is C21H17F2N5O3. The first kappa shape index (κ1) is 20.4. The van der Waals surface area contributed by atoms with E-state index in [1.807, 2.05) is 0 Å². The van der Waals surface area contributed by atoms with E-state index < -0.39 is 30.3 Å². The molecule has 1 fully saturated rings. The average Bonchev–Trinajstić information content (AvgIpc) is 2.72. The first-order valence-corrected chi connectivity index (χ1v) is 9.36. The van der Waals surface area contributed by atoms with Gasteiger partial charge in [-0.05, 0) is 36.6 Å². The van der Waals surface area contributed by atoms with Gasteiger partial charge in [-0.15, -0.1) is 0 Å². The Morgan fingerprint density at radius 1 is 1.23 bits per heavy atom. The molecule has 10 heteroatoms. The van der Waals surface area contributed by atoms with Gasteiger partial charge in [0.1, 0.15) is 24.0 Å². The van der Waals surface area contributed by atoms with Crippen molar-refractivity contribution in [2.24, 2.45) is 0 Å². The smallest absolute Gasteiger partial charge is 0.411 e. The summed E-state index contributed by atoms with van der Waals surface area (Å²) in [5, 5.41) is 13.4. The summed E-state index contributed by atoms with van der Waals surface area (Å²) in [6.07, 6.45) is 3.55. The van der Waals surface area contributed by atoms with E-state index in [0.717, 1.165) is 10.8 Å². The summed E-state index contributed by atoms with van der Waals surface area (Å²) in [4.78, 5) is 23.9. The molecule has 0 bridgehead atoms. The Morgan fingerprint density at radius 3 is 2.65 bits per heavy atom. The Kier molecular flexibility index (Phi) is 5.10. The van der Waals surface area contributed by atoms with Gasteiger partial charge >= 0.3 is 5.97 Å². The molecule has 0 radical (unpaired) electrons. The molecule has 0 spiro atoms. The lowest BCUT2D eigenvalue weighted by Crippen LogP contribution is -2.57. The van der Waals surface area contributed by atoms with Gasteiger partial charge in [0.2, 0.25) is 0 Å². The molecule has 1 N–H and O–H groups in total. The SMILES string of the molecule is Cc1ncc(Nc2nccc3cc(OCC4(OC(=O)C#N)CC(F)(F)C4)ccc23)cn1. The third-order valence-electron chi connectivity index (χ3n) is 4.84. The Balaban J connectivity index is 1.51. The topological polar surface area (TPSA) is 110 Å². The van der Waals surface area contributed by atoms with E-state index in [9.17, 15) is 13.6 Å². The van der Waals surface area contributed by atoms with Gasteiger partial charge in [0.15, 0.2) is 11.7 Å². The Morgan fingerprint density at radius 2 is 1.97 bits per heavy atom. The molecule has 0 unspecified atom stereocenters. The minimum atomic E-state index is -2.95. The zero-order valence-corrected chi connectivity index (χ0v) is 16.4. The normalized spacial score (nSPS) is 16.1. The lowest BCUT2D eigenvalue weighted by Gasteiger charge is -2.45. The van der Waals surface area contributed by atoms with Crippen molar-refractivity contribution < 1.29 is 23.0 Å². The van der Waals surface area contributed by atoms with E-state index in [1.54, 1.807) is 49.8 Å². The quantitative estimate of drug-likeness (QED) is 0.470. The number of anilines is 2. The molecule has 0 saturated heterocycles. The zero-order valence-electron chi connectivity index (χ0n) is 16.4. The molecule has 3 aromatic rings. The van der Waals surface area contributed by atoms with Crippen LogP contribution in [0.5, 0.6) is 5.75 Å². The number of carbonyl (C=O) groups excluding carboxylic acids is 1. The van der Waals surface area contributed by atoms with Crippen LogP contribution in [-0.2, 0) is 9.53 Å². The Bertz CT molecular complexity index is 1170. The highest BCUT2D eigenvalue weighted by Gasteiger charge is 2.60. The van der Waals surface area contributed by atoms with Gasteiger partial charge in [-0.25, -0.2) is 28.5 Å². The van der Waals surface area contributed by atoms with Gasteiger partial charge in [-0.1, -0.05) is 0 Å². The zero-order chi connectivity index (χ0) is 22.1. The second kappa shape index (κ2) is 7.75. The van der Waals surface area contributed by atoms with Crippen LogP contribution in [0.15, 0.2) is 42.9 Å². The summed E-state index contributed by atoms with van der Waals surface area (Å²) in [5.74, 6) is -2.50. The third kappa shape index (κ3) is 4.50. The van der Waals surface area contributed by atoms with Crippen molar-refractivity contribution in [2.45, 2.75) is 31.3 Å². The highest BCUT2D eigenvalue weighted by molar-refractivity contribution is 5.94. The summed E-state index contributed by atoms with van der Waals surface area (Å²) in [7, 11) is 0. The second-order valence-corrected chi connectivity index (χ2v) is 7.37. The van der Waals surface area contributed by atoms with Crippen molar-refractivity contribution in [1.82, 2.24) is 15.0 Å². The number of hydrogen-bond acceptors (Lipinski definition) is 8. The number of aryl methyl sites for hydroxylation is 1. The number of esters is 1. The molecule has 4 rings (SSSR count). The molecule has 8 nitrogen and oxygen atoms in total. The van der Waals surface area contributed by atoms with E-state index in [2.05, 4.69) is 20.3 Å². The number of rotatable bonds is 6. The van der Waals surface area contributed by atoms with Crippen molar-refractivity contribution in [2.75, 3.05) is 11.9 Å². The number of pyridine rings is 1. The molecule has 2 heterocycles. The highest BCUT2D eigenvalue weighted by Crippen LogP contribution is 2.48. The van der Waals surface area contributed by atoms with Gasteiger partial charge in [-0.2, -0.15) is 5.26 Å². The number of nitrogens with zero attached hydrogens (tertiary/aromatic N) is 4. The fourth-order valence-electron chi connectivity index (χ4n) is 3.47.